The van der Waals surface area contributed by atoms with Crippen molar-refractivity contribution in [3.63, 3.8) is 0 Å². The zero-order valence-electron chi connectivity index (χ0n) is 25.9. The van der Waals surface area contributed by atoms with E-state index in [0.717, 1.165) is 32.1 Å². The van der Waals surface area contributed by atoms with E-state index in [1.54, 1.807) is 6.92 Å². The van der Waals surface area contributed by atoms with Crippen molar-refractivity contribution in [1.82, 2.24) is 5.32 Å². The van der Waals surface area contributed by atoms with E-state index in [2.05, 4.69) is 5.32 Å². The van der Waals surface area contributed by atoms with Gasteiger partial charge >= 0.3 is 5.97 Å². The van der Waals surface area contributed by atoms with Crippen LogP contribution < -0.4 is 5.32 Å². The molecule has 0 spiro atoms. The highest BCUT2D eigenvalue weighted by atomic mass is 16.5. The monoisotopic (exact) mass is 583 g/mol. The summed E-state index contributed by atoms with van der Waals surface area (Å²) in [6.45, 7) is 4.37. The molecule has 41 heavy (non-hydrogen) atoms. The van der Waals surface area contributed by atoms with Crippen LogP contribution in [0.15, 0.2) is 0 Å². The second-order valence-electron chi connectivity index (χ2n) is 11.2. The lowest BCUT2D eigenvalue weighted by molar-refractivity contribution is -0.144. The van der Waals surface area contributed by atoms with Crippen molar-refractivity contribution in [2.75, 3.05) is 33.0 Å². The number of ether oxygens (including phenoxy) is 2. The van der Waals surface area contributed by atoms with Crippen molar-refractivity contribution in [1.29, 1.82) is 0 Å². The molecular weight excluding hydrogens is 526 g/mol. The first-order valence-corrected chi connectivity index (χ1v) is 15.9. The van der Waals surface area contributed by atoms with Crippen molar-refractivity contribution in [3.05, 3.63) is 0 Å². The summed E-state index contributed by atoms with van der Waals surface area (Å²) in [5.74, 6) is -1.94. The van der Waals surface area contributed by atoms with E-state index < -0.39 is 11.9 Å². The summed E-state index contributed by atoms with van der Waals surface area (Å²) in [6, 6.07) is 0. The third-order valence-corrected chi connectivity index (χ3v) is 7.02. The molecule has 0 fully saturated rings. The molecule has 2 N–H and O–H groups in total. The topological polar surface area (TPSA) is 136 Å². The van der Waals surface area contributed by atoms with Crippen molar-refractivity contribution in [2.24, 2.45) is 5.92 Å². The number of Topliss-reactive ketones (excluding diaryl/α,β-unsaturated/α-hetero) is 3. The molecular formula is C32H57NO8. The molecule has 0 aromatic carbocycles. The number of unbranched alkanes of at least 4 members (excludes halogenated alkanes) is 13. The number of hydrogen-bond acceptors (Lipinski definition) is 7. The number of carboxylic acid groups (broad SMARTS) is 1. The zero-order valence-corrected chi connectivity index (χ0v) is 25.9. The molecule has 0 heterocycles. The zero-order chi connectivity index (χ0) is 30.6. The average molecular weight is 584 g/mol. The lowest BCUT2D eigenvalue weighted by atomic mass is 9.94. The maximum absolute atomic E-state index is 12.3. The minimum atomic E-state index is -1.04. The fraction of sp³-hybridized carbons (Fsp3) is 0.844. The molecule has 0 bridgehead atoms. The quantitative estimate of drug-likeness (QED) is 0.0949. The minimum Gasteiger partial charge on any atom is -0.481 e. The van der Waals surface area contributed by atoms with Crippen molar-refractivity contribution in [2.45, 2.75) is 136 Å². The van der Waals surface area contributed by atoms with Crippen LogP contribution in [0.25, 0.3) is 0 Å². The number of nitrogens with one attached hydrogen (secondary N) is 1. The number of aliphatic carboxylic acids is 1. The molecule has 0 radical (unpaired) electrons. The number of carboxylic acids is 1. The van der Waals surface area contributed by atoms with Gasteiger partial charge in [0.25, 0.3) is 0 Å². The molecule has 0 aliphatic rings. The molecule has 0 unspecified atom stereocenters. The highest BCUT2D eigenvalue weighted by Gasteiger charge is 2.22. The van der Waals surface area contributed by atoms with E-state index >= 15 is 0 Å². The summed E-state index contributed by atoms with van der Waals surface area (Å²) < 4.78 is 10.4. The summed E-state index contributed by atoms with van der Waals surface area (Å²) >= 11 is 0. The molecule has 1 amide bonds. The van der Waals surface area contributed by atoms with Crippen molar-refractivity contribution in [3.8, 4) is 0 Å². The fourth-order valence-corrected chi connectivity index (χ4v) is 4.60. The Morgan fingerprint density at radius 2 is 1.10 bits per heavy atom. The normalized spacial score (nSPS) is 11.8. The van der Waals surface area contributed by atoms with Gasteiger partial charge in [0.1, 0.15) is 18.2 Å². The Balaban J connectivity index is 3.66. The molecule has 0 aliphatic heterocycles. The van der Waals surface area contributed by atoms with Gasteiger partial charge in [0.2, 0.25) is 5.91 Å². The summed E-state index contributed by atoms with van der Waals surface area (Å²) in [7, 11) is 0. The molecule has 0 aromatic heterocycles. The third kappa shape index (κ3) is 29.2. The van der Waals surface area contributed by atoms with Gasteiger partial charge in [-0.3, -0.25) is 19.2 Å². The second-order valence-corrected chi connectivity index (χ2v) is 11.2. The van der Waals surface area contributed by atoms with Gasteiger partial charge in [0.05, 0.1) is 25.7 Å². The molecule has 0 saturated carbocycles. The van der Waals surface area contributed by atoms with Gasteiger partial charge < -0.3 is 24.7 Å². The van der Waals surface area contributed by atoms with Crippen LogP contribution in [0.2, 0.25) is 0 Å². The standard InChI is InChI=1S/C32H57NO8/c1-27(34)17-15-13-11-9-7-5-3-4-6-8-10-12-14-16-18-30(36)25-29(32(38)39)19-20-31(37)33-21-22-40-23-24-41-26-28(2)35/h29H,3-26H2,1-2H3,(H,33,37)(H,38,39)/t29-/m1/s1. The Morgan fingerprint density at radius 1 is 0.610 bits per heavy atom. The predicted molar refractivity (Wildman–Crippen MR) is 160 cm³/mol. The molecule has 0 aromatic rings. The number of amides is 1. The van der Waals surface area contributed by atoms with E-state index in [4.69, 9.17) is 9.47 Å². The largest absolute Gasteiger partial charge is 0.481 e. The Bertz CT molecular complexity index is 724. The summed E-state index contributed by atoms with van der Waals surface area (Å²) in [5, 5.41) is 12.1. The van der Waals surface area contributed by atoms with E-state index in [-0.39, 0.29) is 43.3 Å². The predicted octanol–water partition coefficient (Wildman–Crippen LogP) is 6.00. The first-order chi connectivity index (χ1) is 19.7. The fourth-order valence-electron chi connectivity index (χ4n) is 4.60. The van der Waals surface area contributed by atoms with Crippen molar-refractivity contribution >= 4 is 29.2 Å². The summed E-state index contributed by atoms with van der Waals surface area (Å²) in [5.41, 5.74) is 0. The Labute approximate surface area is 247 Å². The van der Waals surface area contributed by atoms with Crippen LogP contribution in [0.3, 0.4) is 0 Å². The van der Waals surface area contributed by atoms with Crippen LogP contribution >= 0.6 is 0 Å². The molecule has 238 valence electrons. The van der Waals surface area contributed by atoms with Crippen LogP contribution in [0, 0.1) is 5.92 Å². The first-order valence-electron chi connectivity index (χ1n) is 15.9. The number of hydrogen-bond donors (Lipinski definition) is 2. The van der Waals surface area contributed by atoms with Gasteiger partial charge in [0.15, 0.2) is 5.78 Å². The van der Waals surface area contributed by atoms with Crippen LogP contribution in [-0.2, 0) is 33.4 Å². The molecule has 1 atom stereocenters. The molecule has 0 aliphatic carbocycles. The van der Waals surface area contributed by atoms with Crippen LogP contribution in [0.4, 0.5) is 0 Å². The van der Waals surface area contributed by atoms with E-state index in [0.29, 0.717) is 38.6 Å². The number of rotatable bonds is 31. The first kappa shape index (κ1) is 38.9. The van der Waals surface area contributed by atoms with E-state index in [1.807, 2.05) is 0 Å². The Hall–Kier alpha value is -2.13. The third-order valence-electron chi connectivity index (χ3n) is 7.02. The highest BCUT2D eigenvalue weighted by Crippen LogP contribution is 2.17. The SMILES string of the molecule is CC(=O)CCCCCCCCCCCCCCCCC(=O)C[C@@H](CCC(=O)NCCOCCOCC(C)=O)C(=O)O. The maximum atomic E-state index is 12.3. The highest BCUT2D eigenvalue weighted by molar-refractivity contribution is 5.84. The van der Waals surface area contributed by atoms with Crippen molar-refractivity contribution < 1.29 is 38.6 Å². The summed E-state index contributed by atoms with van der Waals surface area (Å²) in [6.07, 6.45) is 17.7. The smallest absolute Gasteiger partial charge is 0.306 e. The maximum Gasteiger partial charge on any atom is 0.306 e. The molecule has 9 heteroatoms. The van der Waals surface area contributed by atoms with Gasteiger partial charge in [-0.05, 0) is 33.1 Å². The van der Waals surface area contributed by atoms with Crippen LogP contribution in [0.1, 0.15) is 136 Å². The number of carbonyl (C=O) groups is 5. The number of ketones is 3. The lowest BCUT2D eigenvalue weighted by Gasteiger charge is -2.12. The Kier molecular flexibility index (Phi) is 26.6. The lowest BCUT2D eigenvalue weighted by Crippen LogP contribution is -2.29. The van der Waals surface area contributed by atoms with E-state index in [9.17, 15) is 29.1 Å². The average Bonchev–Trinajstić information content (AvgIpc) is 2.91. The van der Waals surface area contributed by atoms with Crippen LogP contribution in [-0.4, -0.2) is 67.3 Å². The van der Waals surface area contributed by atoms with Crippen LogP contribution in [0.5, 0.6) is 0 Å². The molecule has 0 rings (SSSR count). The van der Waals surface area contributed by atoms with E-state index in [1.165, 1.54) is 71.1 Å². The molecule has 0 saturated heterocycles. The Morgan fingerprint density at radius 3 is 1.59 bits per heavy atom. The van der Waals surface area contributed by atoms with Gasteiger partial charge in [-0.2, -0.15) is 0 Å². The molecule has 9 nitrogen and oxygen atoms in total. The van der Waals surface area contributed by atoms with Gasteiger partial charge in [0, 0.05) is 32.2 Å². The van der Waals surface area contributed by atoms with Gasteiger partial charge in [-0.1, -0.05) is 77.0 Å². The van der Waals surface area contributed by atoms with Gasteiger partial charge in [-0.15, -0.1) is 0 Å². The minimum absolute atomic E-state index is 0.0234. The second kappa shape index (κ2) is 28.0. The number of carbonyl (C=O) groups excluding carboxylic acids is 4. The van der Waals surface area contributed by atoms with Gasteiger partial charge in [-0.25, -0.2) is 0 Å². The summed E-state index contributed by atoms with van der Waals surface area (Å²) in [4.78, 5) is 57.5.